The second-order valence-electron chi connectivity index (χ2n) is 4.37. The molecule has 0 radical (unpaired) electrons. The summed E-state index contributed by atoms with van der Waals surface area (Å²) in [6.45, 7) is 5.17. The van der Waals surface area contributed by atoms with Gasteiger partial charge in [-0.15, -0.1) is 0 Å². The van der Waals surface area contributed by atoms with Gasteiger partial charge in [0.1, 0.15) is 12.3 Å². The number of rotatable bonds is 6. The van der Waals surface area contributed by atoms with Crippen molar-refractivity contribution in [2.45, 2.75) is 13.8 Å². The van der Waals surface area contributed by atoms with Crippen LogP contribution in [0.25, 0.3) is 11.3 Å². The van der Waals surface area contributed by atoms with Crippen molar-refractivity contribution >= 4 is 5.97 Å². The first-order chi connectivity index (χ1) is 9.70. The molecule has 0 aliphatic rings. The molecule has 0 spiro atoms. The molecule has 1 aromatic carbocycles. The predicted octanol–water partition coefficient (Wildman–Crippen LogP) is 2.58. The first-order valence-electron chi connectivity index (χ1n) is 6.58. The lowest BCUT2D eigenvalue weighted by Gasteiger charge is -2.02. The number of aromatic amines is 1. The van der Waals surface area contributed by atoms with E-state index in [2.05, 4.69) is 10.2 Å². The van der Waals surface area contributed by atoms with Crippen LogP contribution in [-0.4, -0.2) is 36.0 Å². The van der Waals surface area contributed by atoms with Crippen molar-refractivity contribution in [2.75, 3.05) is 19.8 Å². The lowest BCUT2D eigenvalue weighted by atomic mass is 10.1. The summed E-state index contributed by atoms with van der Waals surface area (Å²) < 4.78 is 10.2. The number of nitrogens with one attached hydrogen (secondary N) is 1. The Balaban J connectivity index is 1.98. The van der Waals surface area contributed by atoms with Crippen LogP contribution >= 0.6 is 0 Å². The van der Waals surface area contributed by atoms with E-state index in [0.29, 0.717) is 18.9 Å². The molecule has 106 valence electrons. The molecule has 0 unspecified atom stereocenters. The highest BCUT2D eigenvalue weighted by molar-refractivity contribution is 5.88. The minimum Gasteiger partial charge on any atom is -0.459 e. The molecule has 20 heavy (non-hydrogen) atoms. The number of ether oxygens (including phenoxy) is 2. The number of aromatic nitrogens is 2. The third-order valence-electron chi connectivity index (χ3n) is 2.81. The smallest absolute Gasteiger partial charge is 0.356 e. The van der Waals surface area contributed by atoms with Crippen LogP contribution in [0.15, 0.2) is 30.3 Å². The Morgan fingerprint density at radius 2 is 2.00 bits per heavy atom. The van der Waals surface area contributed by atoms with Crippen molar-refractivity contribution < 1.29 is 14.3 Å². The summed E-state index contributed by atoms with van der Waals surface area (Å²) in [7, 11) is 0. The van der Waals surface area contributed by atoms with E-state index in [0.717, 1.165) is 11.3 Å². The zero-order chi connectivity index (χ0) is 14.4. The van der Waals surface area contributed by atoms with Gasteiger partial charge in [-0.3, -0.25) is 5.10 Å². The first-order valence-corrected chi connectivity index (χ1v) is 6.58. The van der Waals surface area contributed by atoms with Crippen molar-refractivity contribution in [3.63, 3.8) is 0 Å². The number of benzene rings is 1. The quantitative estimate of drug-likeness (QED) is 0.649. The fourth-order valence-electron chi connectivity index (χ4n) is 1.71. The maximum atomic E-state index is 11.8. The highest BCUT2D eigenvalue weighted by Crippen LogP contribution is 2.18. The molecule has 0 aliphatic heterocycles. The van der Waals surface area contributed by atoms with Crippen LogP contribution in [0.4, 0.5) is 0 Å². The van der Waals surface area contributed by atoms with Crippen LogP contribution in [0.5, 0.6) is 0 Å². The van der Waals surface area contributed by atoms with Gasteiger partial charge in [0.2, 0.25) is 0 Å². The van der Waals surface area contributed by atoms with Gasteiger partial charge < -0.3 is 9.47 Å². The van der Waals surface area contributed by atoms with Crippen LogP contribution in [0.2, 0.25) is 0 Å². The van der Waals surface area contributed by atoms with Crippen molar-refractivity contribution in [1.82, 2.24) is 10.2 Å². The monoisotopic (exact) mass is 274 g/mol. The van der Waals surface area contributed by atoms with E-state index in [1.54, 1.807) is 6.07 Å². The summed E-state index contributed by atoms with van der Waals surface area (Å²) >= 11 is 0. The molecule has 5 heteroatoms. The molecule has 2 rings (SSSR count). The van der Waals surface area contributed by atoms with Crippen LogP contribution in [0.1, 0.15) is 23.0 Å². The normalized spacial score (nSPS) is 10.5. The highest BCUT2D eigenvalue weighted by atomic mass is 16.6. The van der Waals surface area contributed by atoms with Crippen molar-refractivity contribution in [3.05, 3.63) is 41.6 Å². The predicted molar refractivity (Wildman–Crippen MR) is 75.5 cm³/mol. The Hall–Kier alpha value is -2.14. The van der Waals surface area contributed by atoms with Gasteiger partial charge >= 0.3 is 5.97 Å². The Morgan fingerprint density at radius 1 is 1.25 bits per heavy atom. The molecule has 1 aromatic heterocycles. The molecular weight excluding hydrogens is 256 g/mol. The van der Waals surface area contributed by atoms with Crippen LogP contribution < -0.4 is 0 Å². The molecule has 0 fully saturated rings. The van der Waals surface area contributed by atoms with Crippen molar-refractivity contribution in [2.24, 2.45) is 0 Å². The molecule has 0 saturated carbocycles. The number of nitrogens with zero attached hydrogens (tertiary/aromatic N) is 1. The fourth-order valence-corrected chi connectivity index (χ4v) is 1.71. The number of carbonyl (C=O) groups is 1. The second-order valence-corrected chi connectivity index (χ2v) is 4.37. The average Bonchev–Trinajstić information content (AvgIpc) is 2.94. The second kappa shape index (κ2) is 6.86. The average molecular weight is 274 g/mol. The maximum absolute atomic E-state index is 11.8. The number of hydrogen-bond acceptors (Lipinski definition) is 4. The summed E-state index contributed by atoms with van der Waals surface area (Å²) in [5.41, 5.74) is 3.21. The minimum atomic E-state index is -0.421. The third kappa shape index (κ3) is 3.68. The Labute approximate surface area is 117 Å². The summed E-state index contributed by atoms with van der Waals surface area (Å²) in [4.78, 5) is 11.8. The van der Waals surface area contributed by atoms with E-state index < -0.39 is 5.97 Å². The van der Waals surface area contributed by atoms with Gasteiger partial charge in [0.15, 0.2) is 0 Å². The summed E-state index contributed by atoms with van der Waals surface area (Å²) in [6, 6.07) is 9.63. The summed E-state index contributed by atoms with van der Waals surface area (Å²) in [5.74, 6) is -0.421. The Bertz CT molecular complexity index is 561. The molecule has 1 N–H and O–H groups in total. The SMILES string of the molecule is CCOCCOC(=O)c1cc(-c2ccc(C)cc2)n[nH]1. The zero-order valence-electron chi connectivity index (χ0n) is 11.7. The van der Waals surface area contributed by atoms with Crippen molar-refractivity contribution in [1.29, 1.82) is 0 Å². The van der Waals surface area contributed by atoms with Crippen LogP contribution in [0, 0.1) is 6.92 Å². The van der Waals surface area contributed by atoms with Crippen LogP contribution in [-0.2, 0) is 9.47 Å². The van der Waals surface area contributed by atoms with Gasteiger partial charge in [-0.05, 0) is 19.9 Å². The van der Waals surface area contributed by atoms with Gasteiger partial charge in [-0.2, -0.15) is 5.10 Å². The molecule has 0 aliphatic carbocycles. The lowest BCUT2D eigenvalue weighted by Crippen LogP contribution is -2.11. The molecule has 5 nitrogen and oxygen atoms in total. The Morgan fingerprint density at radius 3 is 2.70 bits per heavy atom. The molecule has 1 heterocycles. The molecular formula is C15H18N2O3. The number of esters is 1. The largest absolute Gasteiger partial charge is 0.459 e. The maximum Gasteiger partial charge on any atom is 0.356 e. The van der Waals surface area contributed by atoms with E-state index in [1.807, 2.05) is 38.1 Å². The third-order valence-corrected chi connectivity index (χ3v) is 2.81. The molecule has 2 aromatic rings. The number of hydrogen-bond donors (Lipinski definition) is 1. The topological polar surface area (TPSA) is 64.2 Å². The molecule has 0 saturated heterocycles. The van der Waals surface area contributed by atoms with E-state index >= 15 is 0 Å². The molecule has 0 amide bonds. The van der Waals surface area contributed by atoms with Gasteiger partial charge in [0.05, 0.1) is 12.3 Å². The number of aryl methyl sites for hydroxylation is 1. The van der Waals surface area contributed by atoms with E-state index in [9.17, 15) is 4.79 Å². The fraction of sp³-hybridized carbons (Fsp3) is 0.333. The van der Waals surface area contributed by atoms with E-state index in [-0.39, 0.29) is 6.61 Å². The van der Waals surface area contributed by atoms with Crippen LogP contribution in [0.3, 0.4) is 0 Å². The van der Waals surface area contributed by atoms with E-state index in [1.165, 1.54) is 5.56 Å². The van der Waals surface area contributed by atoms with Gasteiger partial charge in [0.25, 0.3) is 0 Å². The van der Waals surface area contributed by atoms with Gasteiger partial charge in [-0.25, -0.2) is 4.79 Å². The highest BCUT2D eigenvalue weighted by Gasteiger charge is 2.12. The number of carbonyl (C=O) groups excluding carboxylic acids is 1. The summed E-state index contributed by atoms with van der Waals surface area (Å²) in [6.07, 6.45) is 0. The zero-order valence-corrected chi connectivity index (χ0v) is 11.7. The summed E-state index contributed by atoms with van der Waals surface area (Å²) in [5, 5.41) is 6.82. The number of H-pyrrole nitrogens is 1. The Kier molecular flexibility index (Phi) is 4.90. The van der Waals surface area contributed by atoms with E-state index in [4.69, 9.17) is 9.47 Å². The molecule has 0 bridgehead atoms. The van der Waals surface area contributed by atoms with Gasteiger partial charge in [-0.1, -0.05) is 29.8 Å². The lowest BCUT2D eigenvalue weighted by molar-refractivity contribution is 0.0329. The van der Waals surface area contributed by atoms with Gasteiger partial charge in [0, 0.05) is 12.2 Å². The minimum absolute atomic E-state index is 0.242. The molecule has 0 atom stereocenters. The standard InChI is InChI=1S/C15H18N2O3/c1-3-19-8-9-20-15(18)14-10-13(16-17-14)12-6-4-11(2)5-7-12/h4-7,10H,3,8-9H2,1-2H3,(H,16,17). The van der Waals surface area contributed by atoms with Crippen molar-refractivity contribution in [3.8, 4) is 11.3 Å². The first kappa shape index (κ1) is 14.3.